The van der Waals surface area contributed by atoms with Gasteiger partial charge in [-0.05, 0) is 0 Å². The minimum absolute atomic E-state index is 0.0191. The number of nitrogens with two attached hydrogens (primary N) is 2. The number of carboxylic acids is 1. The fraction of sp³-hybridized carbons (Fsp3) is 0.750. The summed E-state index contributed by atoms with van der Waals surface area (Å²) in [5.41, 5.74) is 10.9. The van der Waals surface area contributed by atoms with Crippen LogP contribution in [0.2, 0.25) is 0 Å². The monoisotopic (exact) mass is 252 g/mol. The quantitative estimate of drug-likeness (QED) is 0.415. The average molecular weight is 252 g/mol. The average Bonchev–Trinajstić information content (AvgIpc) is 2.22. The van der Waals surface area contributed by atoms with Crippen LogP contribution in [0.1, 0.15) is 13.3 Å². The fourth-order valence-corrected chi connectivity index (χ4v) is 2.94. The molecule has 0 aliphatic heterocycles. The van der Waals surface area contributed by atoms with Crippen molar-refractivity contribution in [3.63, 3.8) is 0 Å². The van der Waals surface area contributed by atoms with E-state index in [0.717, 1.165) is 0 Å². The number of hydrogen-bond donors (Lipinski definition) is 3. The van der Waals surface area contributed by atoms with Gasteiger partial charge in [-0.1, -0.05) is 28.5 Å². The summed E-state index contributed by atoms with van der Waals surface area (Å²) in [6.45, 7) is 1.76. The van der Waals surface area contributed by atoms with Crippen LogP contribution in [0.5, 0.6) is 0 Å². The number of carboxylic acid groups (broad SMARTS) is 1. The van der Waals surface area contributed by atoms with E-state index in [1.54, 1.807) is 6.92 Å². The highest BCUT2D eigenvalue weighted by molar-refractivity contribution is 8.76. The molecule has 88 valence electrons. The number of carbonyl (C=O) groups is 2. The molecule has 0 saturated heterocycles. The third-order valence-electron chi connectivity index (χ3n) is 1.66. The van der Waals surface area contributed by atoms with Crippen molar-refractivity contribution < 1.29 is 14.7 Å². The molecule has 0 spiro atoms. The van der Waals surface area contributed by atoms with Crippen LogP contribution in [-0.2, 0) is 9.59 Å². The lowest BCUT2D eigenvalue weighted by Crippen LogP contribution is -2.33. The lowest BCUT2D eigenvalue weighted by Gasteiger charge is -2.09. The van der Waals surface area contributed by atoms with Crippen molar-refractivity contribution in [2.75, 3.05) is 11.5 Å². The Bertz CT molecular complexity index is 226. The number of rotatable bonds is 8. The van der Waals surface area contributed by atoms with Crippen molar-refractivity contribution in [1.29, 1.82) is 0 Å². The Balaban J connectivity index is 3.54. The van der Waals surface area contributed by atoms with Gasteiger partial charge >= 0.3 is 5.97 Å². The van der Waals surface area contributed by atoms with E-state index in [-0.39, 0.29) is 5.78 Å². The van der Waals surface area contributed by atoms with Crippen molar-refractivity contribution in [1.82, 2.24) is 0 Å². The van der Waals surface area contributed by atoms with Gasteiger partial charge in [-0.15, -0.1) is 0 Å². The van der Waals surface area contributed by atoms with Gasteiger partial charge in [0.05, 0.1) is 6.04 Å². The van der Waals surface area contributed by atoms with Gasteiger partial charge in [0.25, 0.3) is 0 Å². The number of aliphatic carboxylic acids is 1. The summed E-state index contributed by atoms with van der Waals surface area (Å²) in [5, 5.41) is 8.49. The van der Waals surface area contributed by atoms with Gasteiger partial charge in [0, 0.05) is 17.9 Å². The first kappa shape index (κ1) is 14.8. The molecular weight excluding hydrogens is 236 g/mol. The van der Waals surface area contributed by atoms with E-state index < -0.39 is 18.1 Å². The standard InChI is InChI=1S/C8H16N2O3S2/c1-2-7(11)5(9)3-14-15-4-6(10)8(12)13/h5-6H,2-4,9-10H2,1H3,(H,12,13). The smallest absolute Gasteiger partial charge is 0.321 e. The molecule has 0 aliphatic carbocycles. The second-order valence-corrected chi connectivity index (χ2v) is 5.49. The molecule has 0 amide bonds. The van der Waals surface area contributed by atoms with Gasteiger partial charge in [0.15, 0.2) is 0 Å². The van der Waals surface area contributed by atoms with Crippen LogP contribution in [0.4, 0.5) is 0 Å². The summed E-state index contributed by atoms with van der Waals surface area (Å²) in [5.74, 6) is -0.195. The van der Waals surface area contributed by atoms with E-state index in [9.17, 15) is 9.59 Å². The zero-order chi connectivity index (χ0) is 11.8. The van der Waals surface area contributed by atoms with Crippen LogP contribution in [0, 0.1) is 0 Å². The molecule has 0 heterocycles. The third kappa shape index (κ3) is 6.77. The van der Waals surface area contributed by atoms with Crippen LogP contribution in [0.15, 0.2) is 0 Å². The van der Waals surface area contributed by atoms with Crippen LogP contribution < -0.4 is 11.5 Å². The molecule has 2 atom stereocenters. The molecule has 0 radical (unpaired) electrons. The maximum Gasteiger partial charge on any atom is 0.321 e. The summed E-state index contributed by atoms with van der Waals surface area (Å²) in [7, 11) is 2.70. The normalized spacial score (nSPS) is 14.6. The number of carbonyl (C=O) groups excluding carboxylic acids is 1. The molecule has 0 aliphatic rings. The first-order valence-corrected chi connectivity index (χ1v) is 6.99. The first-order valence-electron chi connectivity index (χ1n) is 4.50. The number of hydrogen-bond acceptors (Lipinski definition) is 6. The highest BCUT2D eigenvalue weighted by Crippen LogP contribution is 2.22. The Morgan fingerprint density at radius 3 is 2.07 bits per heavy atom. The van der Waals surface area contributed by atoms with E-state index in [4.69, 9.17) is 16.6 Å². The van der Waals surface area contributed by atoms with Crippen molar-refractivity contribution in [2.24, 2.45) is 11.5 Å². The van der Waals surface area contributed by atoms with E-state index in [2.05, 4.69) is 0 Å². The molecule has 0 aromatic carbocycles. The van der Waals surface area contributed by atoms with E-state index in [0.29, 0.717) is 17.9 Å². The number of ketones is 1. The molecule has 0 aromatic heterocycles. The zero-order valence-corrected chi connectivity index (χ0v) is 10.1. The van der Waals surface area contributed by atoms with E-state index in [1.807, 2.05) is 0 Å². The molecule has 5 nitrogen and oxygen atoms in total. The summed E-state index contributed by atoms with van der Waals surface area (Å²) < 4.78 is 0. The predicted octanol–water partition coefficient (Wildman–Crippen LogP) is 0.0861. The lowest BCUT2D eigenvalue weighted by atomic mass is 10.2. The van der Waals surface area contributed by atoms with Crippen LogP contribution in [0.25, 0.3) is 0 Å². The summed E-state index contributed by atoms with van der Waals surface area (Å²) in [4.78, 5) is 21.4. The summed E-state index contributed by atoms with van der Waals surface area (Å²) >= 11 is 0. The molecule has 0 aromatic rings. The molecule has 0 fully saturated rings. The lowest BCUT2D eigenvalue weighted by molar-refractivity contribution is -0.137. The van der Waals surface area contributed by atoms with Crippen LogP contribution in [0.3, 0.4) is 0 Å². The Labute approximate surface area is 96.7 Å². The molecular formula is C8H16N2O3S2. The molecule has 0 bridgehead atoms. The number of Topliss-reactive ketones (excluding diaryl/α,β-unsaturated/α-hetero) is 1. The van der Waals surface area contributed by atoms with Crippen molar-refractivity contribution in [3.8, 4) is 0 Å². The van der Waals surface area contributed by atoms with Crippen molar-refractivity contribution in [2.45, 2.75) is 25.4 Å². The summed E-state index contributed by atoms with van der Waals surface area (Å²) in [6.07, 6.45) is 0.432. The van der Waals surface area contributed by atoms with Gasteiger partial charge in [0.2, 0.25) is 0 Å². The molecule has 0 rings (SSSR count). The molecule has 15 heavy (non-hydrogen) atoms. The van der Waals surface area contributed by atoms with Crippen molar-refractivity contribution in [3.05, 3.63) is 0 Å². The van der Waals surface area contributed by atoms with Gasteiger partial charge in [-0.3, -0.25) is 9.59 Å². The predicted molar refractivity (Wildman–Crippen MR) is 63.8 cm³/mol. The maximum absolute atomic E-state index is 11.1. The highest BCUT2D eigenvalue weighted by atomic mass is 33.1. The van der Waals surface area contributed by atoms with Crippen molar-refractivity contribution >= 4 is 33.3 Å². The first-order chi connectivity index (χ1) is 6.99. The SMILES string of the molecule is CCC(=O)C(N)CSSCC(N)C(=O)O. The topological polar surface area (TPSA) is 106 Å². The van der Waals surface area contributed by atoms with E-state index in [1.165, 1.54) is 21.6 Å². The third-order valence-corrected chi connectivity index (χ3v) is 4.13. The molecule has 0 saturated carbocycles. The Kier molecular flexibility index (Phi) is 7.85. The van der Waals surface area contributed by atoms with Gasteiger partial charge < -0.3 is 16.6 Å². The fourth-order valence-electron chi connectivity index (χ4n) is 0.669. The Hall–Kier alpha value is -0.240. The van der Waals surface area contributed by atoms with Gasteiger partial charge in [-0.2, -0.15) is 0 Å². The zero-order valence-electron chi connectivity index (χ0n) is 8.51. The van der Waals surface area contributed by atoms with E-state index >= 15 is 0 Å². The van der Waals surface area contributed by atoms with Gasteiger partial charge in [-0.25, -0.2) is 0 Å². The second kappa shape index (κ2) is 7.98. The molecule has 7 heteroatoms. The minimum atomic E-state index is -1.02. The molecule has 5 N–H and O–H groups in total. The second-order valence-electron chi connectivity index (χ2n) is 2.94. The maximum atomic E-state index is 11.1. The van der Waals surface area contributed by atoms with Gasteiger partial charge in [0.1, 0.15) is 11.8 Å². The largest absolute Gasteiger partial charge is 0.480 e. The van der Waals surface area contributed by atoms with Crippen LogP contribution in [-0.4, -0.2) is 40.4 Å². The molecule has 2 unspecified atom stereocenters. The minimum Gasteiger partial charge on any atom is -0.480 e. The Morgan fingerprint density at radius 1 is 1.20 bits per heavy atom. The highest BCUT2D eigenvalue weighted by Gasteiger charge is 2.14. The summed E-state index contributed by atoms with van der Waals surface area (Å²) in [6, 6.07) is -1.32. The van der Waals surface area contributed by atoms with Crippen LogP contribution >= 0.6 is 21.6 Å². The Morgan fingerprint density at radius 2 is 1.67 bits per heavy atom.